The summed E-state index contributed by atoms with van der Waals surface area (Å²) in [7, 11) is 3.89. The molecule has 0 amide bonds. The van der Waals surface area contributed by atoms with Crippen LogP contribution >= 0.6 is 0 Å². The highest BCUT2D eigenvalue weighted by Crippen LogP contribution is 2.36. The van der Waals surface area contributed by atoms with Crippen LogP contribution in [0.3, 0.4) is 0 Å². The molecule has 0 radical (unpaired) electrons. The molecule has 1 saturated heterocycles. The summed E-state index contributed by atoms with van der Waals surface area (Å²) >= 11 is 0. The number of nitrogens with one attached hydrogen (secondary N) is 1. The summed E-state index contributed by atoms with van der Waals surface area (Å²) < 4.78 is 7.80. The number of aromatic nitrogens is 1. The van der Waals surface area contributed by atoms with E-state index in [0.717, 1.165) is 12.3 Å². The standard InChI is InChI=1S/C15H20N2O/c1-10-11-6-4-8-13(18-3)15(11)17(2)14(10)12-7-5-9-16-12/h4,6,8,12,16H,5,7,9H2,1-3H3. The maximum atomic E-state index is 5.50. The first-order valence-corrected chi connectivity index (χ1v) is 6.59. The third-order valence-electron chi connectivity index (χ3n) is 4.09. The lowest BCUT2D eigenvalue weighted by molar-refractivity contribution is 0.417. The van der Waals surface area contributed by atoms with Crippen molar-refractivity contribution in [2.75, 3.05) is 13.7 Å². The zero-order valence-electron chi connectivity index (χ0n) is 11.3. The van der Waals surface area contributed by atoms with Crippen molar-refractivity contribution in [2.45, 2.75) is 25.8 Å². The molecule has 3 nitrogen and oxygen atoms in total. The summed E-state index contributed by atoms with van der Waals surface area (Å²) in [4.78, 5) is 0. The Kier molecular flexibility index (Phi) is 2.78. The fourth-order valence-electron chi connectivity index (χ4n) is 3.26. The van der Waals surface area contributed by atoms with Crippen molar-refractivity contribution < 1.29 is 4.74 Å². The van der Waals surface area contributed by atoms with Gasteiger partial charge in [-0.15, -0.1) is 0 Å². The maximum absolute atomic E-state index is 5.50. The summed E-state index contributed by atoms with van der Waals surface area (Å²) in [5, 5.41) is 4.90. The number of nitrogens with zero attached hydrogens (tertiary/aromatic N) is 1. The molecule has 1 aliphatic rings. The monoisotopic (exact) mass is 244 g/mol. The normalized spacial score (nSPS) is 19.6. The summed E-state index contributed by atoms with van der Waals surface area (Å²) in [6.07, 6.45) is 2.50. The number of aryl methyl sites for hydroxylation is 2. The number of ether oxygens (including phenoxy) is 1. The zero-order valence-corrected chi connectivity index (χ0v) is 11.3. The summed E-state index contributed by atoms with van der Waals surface area (Å²) in [6.45, 7) is 3.35. The Labute approximate surface area is 108 Å². The molecular formula is C15H20N2O. The van der Waals surface area contributed by atoms with Crippen molar-refractivity contribution in [1.82, 2.24) is 9.88 Å². The quantitative estimate of drug-likeness (QED) is 0.879. The SMILES string of the molecule is COc1cccc2c(C)c(C3CCCN3)n(C)c12. The molecule has 3 heteroatoms. The highest BCUT2D eigenvalue weighted by atomic mass is 16.5. The fourth-order valence-corrected chi connectivity index (χ4v) is 3.26. The van der Waals surface area contributed by atoms with Gasteiger partial charge in [0.25, 0.3) is 0 Å². The second-order valence-electron chi connectivity index (χ2n) is 5.07. The third-order valence-corrected chi connectivity index (χ3v) is 4.09. The van der Waals surface area contributed by atoms with Crippen molar-refractivity contribution in [3.05, 3.63) is 29.5 Å². The van der Waals surface area contributed by atoms with E-state index in [1.807, 2.05) is 6.07 Å². The van der Waals surface area contributed by atoms with E-state index in [-0.39, 0.29) is 0 Å². The van der Waals surface area contributed by atoms with Gasteiger partial charge in [0, 0.05) is 24.2 Å². The van der Waals surface area contributed by atoms with Crippen molar-refractivity contribution in [3.8, 4) is 5.75 Å². The highest BCUT2D eigenvalue weighted by molar-refractivity contribution is 5.90. The van der Waals surface area contributed by atoms with Crippen LogP contribution in [0.25, 0.3) is 10.9 Å². The van der Waals surface area contributed by atoms with E-state index in [9.17, 15) is 0 Å². The van der Waals surface area contributed by atoms with Crippen LogP contribution in [-0.4, -0.2) is 18.2 Å². The van der Waals surface area contributed by atoms with Crippen LogP contribution in [0.4, 0.5) is 0 Å². The summed E-state index contributed by atoms with van der Waals surface area (Å²) in [5.74, 6) is 0.961. The number of para-hydroxylation sites is 1. The molecule has 1 fully saturated rings. The van der Waals surface area contributed by atoms with Gasteiger partial charge < -0.3 is 14.6 Å². The van der Waals surface area contributed by atoms with Gasteiger partial charge in [0.1, 0.15) is 5.75 Å². The molecule has 0 bridgehead atoms. The predicted molar refractivity (Wildman–Crippen MR) is 74.2 cm³/mol. The minimum atomic E-state index is 0.493. The lowest BCUT2D eigenvalue weighted by Gasteiger charge is -2.14. The first-order chi connectivity index (χ1) is 8.74. The number of methoxy groups -OCH3 is 1. The molecule has 1 aromatic heterocycles. The third kappa shape index (κ3) is 1.54. The molecule has 3 rings (SSSR count). The van der Waals surface area contributed by atoms with Crippen molar-refractivity contribution in [1.29, 1.82) is 0 Å². The Balaban J connectivity index is 2.26. The summed E-state index contributed by atoms with van der Waals surface area (Å²) in [5.41, 5.74) is 4.00. The highest BCUT2D eigenvalue weighted by Gasteiger charge is 2.24. The molecule has 1 unspecified atom stereocenters. The smallest absolute Gasteiger partial charge is 0.143 e. The van der Waals surface area contributed by atoms with Crippen LogP contribution in [-0.2, 0) is 7.05 Å². The van der Waals surface area contributed by atoms with E-state index < -0.39 is 0 Å². The van der Waals surface area contributed by atoms with Crippen LogP contribution in [0.15, 0.2) is 18.2 Å². The molecule has 18 heavy (non-hydrogen) atoms. The molecule has 1 N–H and O–H groups in total. The second kappa shape index (κ2) is 4.32. The number of rotatable bonds is 2. The molecule has 1 aliphatic heterocycles. The van der Waals surface area contributed by atoms with Crippen LogP contribution in [0.5, 0.6) is 5.75 Å². The van der Waals surface area contributed by atoms with Crippen LogP contribution in [0.2, 0.25) is 0 Å². The van der Waals surface area contributed by atoms with Crippen molar-refractivity contribution in [3.63, 3.8) is 0 Å². The van der Waals surface area contributed by atoms with Gasteiger partial charge in [-0.1, -0.05) is 12.1 Å². The zero-order chi connectivity index (χ0) is 12.7. The molecular weight excluding hydrogens is 224 g/mol. The molecule has 1 aromatic carbocycles. The molecule has 2 heterocycles. The average Bonchev–Trinajstić information content (AvgIpc) is 2.98. The van der Waals surface area contributed by atoms with Crippen LogP contribution in [0, 0.1) is 6.92 Å². The maximum Gasteiger partial charge on any atom is 0.143 e. The van der Waals surface area contributed by atoms with Crippen molar-refractivity contribution >= 4 is 10.9 Å². The van der Waals surface area contributed by atoms with E-state index in [4.69, 9.17) is 4.74 Å². The van der Waals surface area contributed by atoms with E-state index in [1.165, 1.54) is 35.0 Å². The lowest BCUT2D eigenvalue weighted by atomic mass is 10.1. The second-order valence-corrected chi connectivity index (χ2v) is 5.07. The topological polar surface area (TPSA) is 26.2 Å². The van der Waals surface area contributed by atoms with Gasteiger partial charge in [0.05, 0.1) is 12.6 Å². The Bertz CT molecular complexity index is 580. The average molecular weight is 244 g/mol. The first-order valence-electron chi connectivity index (χ1n) is 6.59. The number of hydrogen-bond acceptors (Lipinski definition) is 2. The Morgan fingerprint density at radius 3 is 2.89 bits per heavy atom. The Morgan fingerprint density at radius 2 is 2.22 bits per heavy atom. The Hall–Kier alpha value is -1.48. The van der Waals surface area contributed by atoms with Gasteiger partial charge in [-0.2, -0.15) is 0 Å². The van der Waals surface area contributed by atoms with E-state index in [0.29, 0.717) is 6.04 Å². The Morgan fingerprint density at radius 1 is 1.39 bits per heavy atom. The molecule has 96 valence electrons. The molecule has 2 aromatic rings. The predicted octanol–water partition coefficient (Wildman–Crippen LogP) is 2.92. The fraction of sp³-hybridized carbons (Fsp3) is 0.467. The van der Waals surface area contributed by atoms with Crippen molar-refractivity contribution in [2.24, 2.45) is 7.05 Å². The molecule has 0 spiro atoms. The van der Waals surface area contributed by atoms with E-state index >= 15 is 0 Å². The first kappa shape index (κ1) is 11.6. The van der Waals surface area contributed by atoms with Gasteiger partial charge >= 0.3 is 0 Å². The lowest BCUT2D eigenvalue weighted by Crippen LogP contribution is -2.16. The largest absolute Gasteiger partial charge is 0.495 e. The molecule has 0 saturated carbocycles. The minimum absolute atomic E-state index is 0.493. The molecule has 0 aliphatic carbocycles. The van der Waals surface area contributed by atoms with Gasteiger partial charge in [0.15, 0.2) is 0 Å². The minimum Gasteiger partial charge on any atom is -0.495 e. The van der Waals surface area contributed by atoms with E-state index in [2.05, 4.69) is 36.0 Å². The summed E-state index contributed by atoms with van der Waals surface area (Å²) in [6, 6.07) is 6.78. The molecule has 1 atom stereocenters. The number of hydrogen-bond donors (Lipinski definition) is 1. The van der Waals surface area contributed by atoms with Gasteiger partial charge in [0.2, 0.25) is 0 Å². The van der Waals surface area contributed by atoms with E-state index in [1.54, 1.807) is 7.11 Å². The van der Waals surface area contributed by atoms with Crippen LogP contribution in [0.1, 0.15) is 30.1 Å². The number of fused-ring (bicyclic) bond motifs is 1. The number of benzene rings is 1. The van der Waals surface area contributed by atoms with Gasteiger partial charge in [-0.3, -0.25) is 0 Å². The van der Waals surface area contributed by atoms with Crippen LogP contribution < -0.4 is 10.1 Å². The van der Waals surface area contributed by atoms with Gasteiger partial charge in [-0.05, 0) is 37.9 Å². The van der Waals surface area contributed by atoms with Gasteiger partial charge in [-0.25, -0.2) is 0 Å².